The Balaban J connectivity index is 2.48. The Hall–Kier alpha value is -1.55. The van der Waals surface area contributed by atoms with Crippen LogP contribution in [0.25, 0.3) is 0 Å². The van der Waals surface area contributed by atoms with Crippen LogP contribution in [0.2, 0.25) is 0 Å². The van der Waals surface area contributed by atoms with Gasteiger partial charge in [0.15, 0.2) is 5.96 Å². The Bertz CT molecular complexity index is 466. The van der Waals surface area contributed by atoms with Gasteiger partial charge in [-0.3, -0.25) is 4.99 Å². The van der Waals surface area contributed by atoms with Crippen molar-refractivity contribution in [2.24, 2.45) is 10.4 Å². The second-order valence-corrected chi connectivity index (χ2v) is 7.07. The summed E-state index contributed by atoms with van der Waals surface area (Å²) in [6.45, 7) is 10.2. The van der Waals surface area contributed by atoms with E-state index in [1.807, 2.05) is 13.8 Å². The van der Waals surface area contributed by atoms with Crippen molar-refractivity contribution in [3.8, 4) is 0 Å². The number of ether oxygens (including phenoxy) is 1. The molecule has 1 rings (SSSR count). The molecular weight excluding hydrogens is 274 g/mol. The molecule has 0 aliphatic heterocycles. The Morgan fingerprint density at radius 1 is 1.05 bits per heavy atom. The molecule has 0 aliphatic carbocycles. The van der Waals surface area contributed by atoms with Crippen molar-refractivity contribution < 1.29 is 4.74 Å². The molecule has 0 aliphatic rings. The molecule has 124 valence electrons. The molecular formula is C18H31N3O. The number of guanidine groups is 1. The van der Waals surface area contributed by atoms with Crippen molar-refractivity contribution >= 4 is 5.96 Å². The maximum atomic E-state index is 5.41. The summed E-state index contributed by atoms with van der Waals surface area (Å²) >= 11 is 0. The van der Waals surface area contributed by atoms with Gasteiger partial charge in [0.25, 0.3) is 0 Å². The van der Waals surface area contributed by atoms with Crippen molar-refractivity contribution in [2.75, 3.05) is 27.2 Å². The zero-order valence-corrected chi connectivity index (χ0v) is 14.9. The molecule has 22 heavy (non-hydrogen) atoms. The van der Waals surface area contributed by atoms with Gasteiger partial charge in [0.05, 0.1) is 5.60 Å². The fourth-order valence-electron chi connectivity index (χ4n) is 2.12. The van der Waals surface area contributed by atoms with Gasteiger partial charge in [0, 0.05) is 27.2 Å². The first-order valence-electron chi connectivity index (χ1n) is 7.82. The number of aliphatic imine (C=N–C) groups is 1. The van der Waals surface area contributed by atoms with Gasteiger partial charge < -0.3 is 15.4 Å². The van der Waals surface area contributed by atoms with E-state index in [2.05, 4.69) is 59.8 Å². The van der Waals surface area contributed by atoms with Crippen LogP contribution in [0.4, 0.5) is 0 Å². The summed E-state index contributed by atoms with van der Waals surface area (Å²) in [6.07, 6.45) is 1.03. The van der Waals surface area contributed by atoms with Crippen molar-refractivity contribution in [2.45, 2.75) is 39.7 Å². The molecule has 0 fully saturated rings. The predicted octanol–water partition coefficient (Wildman–Crippen LogP) is 2.85. The standard InChI is InChI=1S/C18H31N3O/c1-17(2,12-15-10-8-7-9-11-15)13-20-16(19-5)21-14-18(3,4)22-6/h7-11H,12-14H2,1-6H3,(H2,19,20,21). The van der Waals surface area contributed by atoms with Crippen LogP contribution < -0.4 is 10.6 Å². The first-order chi connectivity index (χ1) is 10.3. The normalized spacial score (nSPS) is 13.1. The zero-order chi connectivity index (χ0) is 16.6. The molecule has 0 saturated heterocycles. The van der Waals surface area contributed by atoms with Crippen LogP contribution >= 0.6 is 0 Å². The average Bonchev–Trinajstić information content (AvgIpc) is 2.48. The number of nitrogens with one attached hydrogen (secondary N) is 2. The van der Waals surface area contributed by atoms with Crippen molar-refractivity contribution in [3.63, 3.8) is 0 Å². The van der Waals surface area contributed by atoms with E-state index < -0.39 is 0 Å². The average molecular weight is 305 g/mol. The highest BCUT2D eigenvalue weighted by Crippen LogP contribution is 2.20. The molecule has 1 aromatic rings. The van der Waals surface area contributed by atoms with E-state index in [9.17, 15) is 0 Å². The number of hydrogen-bond acceptors (Lipinski definition) is 2. The lowest BCUT2D eigenvalue weighted by molar-refractivity contribution is 0.0268. The van der Waals surface area contributed by atoms with Crippen LogP contribution in [0, 0.1) is 5.41 Å². The van der Waals surface area contributed by atoms with Crippen LogP contribution in [0.15, 0.2) is 35.3 Å². The summed E-state index contributed by atoms with van der Waals surface area (Å²) in [5.41, 5.74) is 1.30. The van der Waals surface area contributed by atoms with E-state index in [0.717, 1.165) is 18.9 Å². The van der Waals surface area contributed by atoms with Crippen LogP contribution in [0.5, 0.6) is 0 Å². The summed E-state index contributed by atoms with van der Waals surface area (Å²) in [6, 6.07) is 10.6. The fourth-order valence-corrected chi connectivity index (χ4v) is 2.12. The van der Waals surface area contributed by atoms with Gasteiger partial charge in [-0.15, -0.1) is 0 Å². The van der Waals surface area contributed by atoms with E-state index in [0.29, 0.717) is 6.54 Å². The highest BCUT2D eigenvalue weighted by molar-refractivity contribution is 5.79. The monoisotopic (exact) mass is 305 g/mol. The highest BCUT2D eigenvalue weighted by atomic mass is 16.5. The number of rotatable bonds is 7. The van der Waals surface area contributed by atoms with Gasteiger partial charge in [-0.25, -0.2) is 0 Å². The number of nitrogens with zero attached hydrogens (tertiary/aromatic N) is 1. The molecule has 4 nitrogen and oxygen atoms in total. The molecule has 0 unspecified atom stereocenters. The van der Waals surface area contributed by atoms with Gasteiger partial charge in [-0.05, 0) is 31.2 Å². The third-order valence-corrected chi connectivity index (χ3v) is 3.72. The van der Waals surface area contributed by atoms with Crippen molar-refractivity contribution in [3.05, 3.63) is 35.9 Å². The lowest BCUT2D eigenvalue weighted by Gasteiger charge is -2.28. The molecule has 1 aromatic carbocycles. The van der Waals surface area contributed by atoms with Gasteiger partial charge in [0.2, 0.25) is 0 Å². The maximum Gasteiger partial charge on any atom is 0.191 e. The van der Waals surface area contributed by atoms with E-state index in [4.69, 9.17) is 4.74 Å². The highest BCUT2D eigenvalue weighted by Gasteiger charge is 2.20. The van der Waals surface area contributed by atoms with Gasteiger partial charge in [-0.2, -0.15) is 0 Å². The first kappa shape index (κ1) is 18.5. The van der Waals surface area contributed by atoms with E-state index >= 15 is 0 Å². The molecule has 0 radical (unpaired) electrons. The Morgan fingerprint density at radius 3 is 2.18 bits per heavy atom. The Labute approximate surface area is 135 Å². The molecule has 4 heteroatoms. The summed E-state index contributed by atoms with van der Waals surface area (Å²) in [4.78, 5) is 4.27. The fraction of sp³-hybridized carbons (Fsp3) is 0.611. The van der Waals surface area contributed by atoms with Crippen LogP contribution in [0.3, 0.4) is 0 Å². The minimum absolute atomic E-state index is 0.149. The molecule has 0 spiro atoms. The van der Waals surface area contributed by atoms with E-state index in [-0.39, 0.29) is 11.0 Å². The number of hydrogen-bond donors (Lipinski definition) is 2. The topological polar surface area (TPSA) is 45.7 Å². The minimum Gasteiger partial charge on any atom is -0.377 e. The predicted molar refractivity (Wildman–Crippen MR) is 94.4 cm³/mol. The lowest BCUT2D eigenvalue weighted by Crippen LogP contribution is -2.47. The van der Waals surface area contributed by atoms with Gasteiger partial charge in [0.1, 0.15) is 0 Å². The van der Waals surface area contributed by atoms with Crippen LogP contribution in [-0.2, 0) is 11.2 Å². The smallest absolute Gasteiger partial charge is 0.191 e. The SMILES string of the molecule is CN=C(NCC(C)(C)Cc1ccccc1)NCC(C)(C)OC. The third-order valence-electron chi connectivity index (χ3n) is 3.72. The van der Waals surface area contributed by atoms with Crippen molar-refractivity contribution in [1.82, 2.24) is 10.6 Å². The summed E-state index contributed by atoms with van der Waals surface area (Å²) in [5.74, 6) is 0.811. The first-order valence-corrected chi connectivity index (χ1v) is 7.82. The van der Waals surface area contributed by atoms with Gasteiger partial charge in [-0.1, -0.05) is 44.2 Å². The number of benzene rings is 1. The zero-order valence-electron chi connectivity index (χ0n) is 14.9. The van der Waals surface area contributed by atoms with E-state index in [1.165, 1.54) is 5.56 Å². The lowest BCUT2D eigenvalue weighted by atomic mass is 9.86. The number of methoxy groups -OCH3 is 1. The largest absolute Gasteiger partial charge is 0.377 e. The third kappa shape index (κ3) is 6.94. The second kappa shape index (κ2) is 8.18. The minimum atomic E-state index is -0.211. The van der Waals surface area contributed by atoms with Crippen LogP contribution in [0.1, 0.15) is 33.3 Å². The summed E-state index contributed by atoms with van der Waals surface area (Å²) in [5, 5.41) is 6.72. The Kier molecular flexibility index (Phi) is 6.88. The maximum absolute atomic E-state index is 5.41. The molecule has 2 N–H and O–H groups in total. The molecule has 0 saturated carbocycles. The quantitative estimate of drug-likeness (QED) is 0.601. The summed E-state index contributed by atoms with van der Waals surface area (Å²) in [7, 11) is 3.51. The molecule has 0 bridgehead atoms. The second-order valence-electron chi connectivity index (χ2n) is 7.07. The Morgan fingerprint density at radius 2 is 1.64 bits per heavy atom. The molecule has 0 amide bonds. The molecule has 0 heterocycles. The molecule has 0 atom stereocenters. The van der Waals surface area contributed by atoms with Crippen molar-refractivity contribution in [1.29, 1.82) is 0 Å². The van der Waals surface area contributed by atoms with Crippen LogP contribution in [-0.4, -0.2) is 38.8 Å². The molecule has 0 aromatic heterocycles. The summed E-state index contributed by atoms with van der Waals surface area (Å²) < 4.78 is 5.41. The van der Waals surface area contributed by atoms with Gasteiger partial charge >= 0.3 is 0 Å². The van der Waals surface area contributed by atoms with E-state index in [1.54, 1.807) is 14.2 Å².